The third-order valence-electron chi connectivity index (χ3n) is 5.72. The van der Waals surface area contributed by atoms with Crippen molar-refractivity contribution >= 4 is 5.91 Å². The van der Waals surface area contributed by atoms with Gasteiger partial charge in [-0.2, -0.15) is 5.10 Å². The minimum atomic E-state index is 0.206. The zero-order chi connectivity index (χ0) is 16.8. The van der Waals surface area contributed by atoms with Gasteiger partial charge in [-0.3, -0.25) is 9.89 Å². The third kappa shape index (κ3) is 2.56. The second-order valence-corrected chi connectivity index (χ2v) is 7.40. The summed E-state index contributed by atoms with van der Waals surface area (Å²) in [6.07, 6.45) is 6.49. The number of hydrogen-bond acceptors (Lipinski definition) is 2. The topological polar surface area (TPSA) is 53.9 Å². The predicted molar refractivity (Wildman–Crippen MR) is 93.4 cm³/mol. The van der Waals surface area contributed by atoms with Gasteiger partial charge >= 0.3 is 0 Å². The zero-order valence-corrected chi connectivity index (χ0v) is 14.8. The molecular formula is C19H26N4O. The van der Waals surface area contributed by atoms with Crippen LogP contribution in [0.15, 0.2) is 12.3 Å². The molecule has 5 heteroatoms. The number of carbonyl (C=O) groups is 1. The number of aromatic amines is 1. The van der Waals surface area contributed by atoms with Gasteiger partial charge in [-0.1, -0.05) is 0 Å². The fraction of sp³-hybridized carbons (Fsp3) is 0.579. The van der Waals surface area contributed by atoms with Crippen LogP contribution in [0.5, 0.6) is 0 Å². The molecule has 2 aromatic rings. The van der Waals surface area contributed by atoms with E-state index in [1.54, 1.807) is 0 Å². The Bertz CT molecular complexity index is 760. The zero-order valence-electron chi connectivity index (χ0n) is 14.8. The van der Waals surface area contributed by atoms with Crippen LogP contribution in [0.4, 0.5) is 0 Å². The molecule has 1 aliphatic heterocycles. The van der Waals surface area contributed by atoms with E-state index in [-0.39, 0.29) is 5.91 Å². The van der Waals surface area contributed by atoms with Gasteiger partial charge in [0.05, 0.1) is 11.8 Å². The minimum absolute atomic E-state index is 0.206. The summed E-state index contributed by atoms with van der Waals surface area (Å²) in [6, 6.07) is 2.71. The normalized spacial score (nSPS) is 19.0. The van der Waals surface area contributed by atoms with Crippen molar-refractivity contribution in [1.29, 1.82) is 0 Å². The standard InChI is InChI=1S/C19H26N4O/c1-12-10-17(14(3)23(12)16-4-5-16)19(24)22-8-6-15(7-9-22)18-11-20-21-13(18)2/h10-11,15-16H,4-9H2,1-3H3,(H,20,21). The number of hydrogen-bond donors (Lipinski definition) is 1. The van der Waals surface area contributed by atoms with E-state index in [0.717, 1.165) is 42.9 Å². The summed E-state index contributed by atoms with van der Waals surface area (Å²) >= 11 is 0. The molecule has 1 amide bonds. The highest BCUT2D eigenvalue weighted by Gasteiger charge is 2.31. The first-order valence-electron chi connectivity index (χ1n) is 9.04. The molecule has 0 radical (unpaired) electrons. The number of amides is 1. The van der Waals surface area contributed by atoms with E-state index in [4.69, 9.17) is 0 Å². The van der Waals surface area contributed by atoms with Gasteiger partial charge in [-0.25, -0.2) is 0 Å². The van der Waals surface area contributed by atoms with Crippen LogP contribution in [0.25, 0.3) is 0 Å². The van der Waals surface area contributed by atoms with Crippen molar-refractivity contribution in [2.45, 2.75) is 58.4 Å². The van der Waals surface area contributed by atoms with E-state index in [1.165, 1.54) is 24.1 Å². The van der Waals surface area contributed by atoms with Gasteiger partial charge in [0.1, 0.15) is 0 Å². The number of likely N-dealkylation sites (tertiary alicyclic amines) is 1. The largest absolute Gasteiger partial charge is 0.345 e. The molecule has 2 fully saturated rings. The highest BCUT2D eigenvalue weighted by molar-refractivity contribution is 5.95. The Morgan fingerprint density at radius 3 is 2.46 bits per heavy atom. The molecule has 3 heterocycles. The van der Waals surface area contributed by atoms with Crippen molar-refractivity contribution in [3.05, 3.63) is 40.5 Å². The van der Waals surface area contributed by atoms with Crippen molar-refractivity contribution in [2.75, 3.05) is 13.1 Å². The lowest BCUT2D eigenvalue weighted by Gasteiger charge is -2.32. The number of rotatable bonds is 3. The van der Waals surface area contributed by atoms with Gasteiger partial charge < -0.3 is 9.47 Å². The lowest BCUT2D eigenvalue weighted by atomic mass is 9.89. The number of nitrogens with zero attached hydrogens (tertiary/aromatic N) is 3. The number of nitrogens with one attached hydrogen (secondary N) is 1. The smallest absolute Gasteiger partial charge is 0.255 e. The summed E-state index contributed by atoms with van der Waals surface area (Å²) in [4.78, 5) is 15.0. The number of H-pyrrole nitrogens is 1. The van der Waals surface area contributed by atoms with E-state index >= 15 is 0 Å². The van der Waals surface area contributed by atoms with Gasteiger partial charge in [-0.15, -0.1) is 0 Å². The summed E-state index contributed by atoms with van der Waals surface area (Å²) in [5.41, 5.74) is 5.74. The number of aryl methyl sites for hydroxylation is 2. The molecule has 128 valence electrons. The molecule has 0 spiro atoms. The Balaban J connectivity index is 1.47. The van der Waals surface area contributed by atoms with Crippen LogP contribution in [0.3, 0.4) is 0 Å². The molecule has 0 aromatic carbocycles. The van der Waals surface area contributed by atoms with Crippen molar-refractivity contribution < 1.29 is 4.79 Å². The minimum Gasteiger partial charge on any atom is -0.345 e. The predicted octanol–water partition coefficient (Wildman–Crippen LogP) is 3.49. The van der Waals surface area contributed by atoms with Gasteiger partial charge in [0.25, 0.3) is 5.91 Å². The van der Waals surface area contributed by atoms with Crippen LogP contribution in [-0.2, 0) is 0 Å². The summed E-state index contributed by atoms with van der Waals surface area (Å²) in [5.74, 6) is 0.726. The van der Waals surface area contributed by atoms with E-state index < -0.39 is 0 Å². The second-order valence-electron chi connectivity index (χ2n) is 7.40. The number of piperidine rings is 1. The second kappa shape index (κ2) is 5.80. The molecule has 0 bridgehead atoms. The Morgan fingerprint density at radius 2 is 1.88 bits per heavy atom. The maximum Gasteiger partial charge on any atom is 0.255 e. The monoisotopic (exact) mass is 326 g/mol. The van der Waals surface area contributed by atoms with Crippen LogP contribution in [0.1, 0.15) is 70.6 Å². The van der Waals surface area contributed by atoms with Crippen LogP contribution in [0, 0.1) is 20.8 Å². The average molecular weight is 326 g/mol. The Labute approximate surface area is 143 Å². The molecule has 5 nitrogen and oxygen atoms in total. The average Bonchev–Trinajstić information content (AvgIpc) is 3.24. The molecule has 24 heavy (non-hydrogen) atoms. The first kappa shape index (κ1) is 15.5. The van der Waals surface area contributed by atoms with Crippen molar-refractivity contribution in [1.82, 2.24) is 19.7 Å². The first-order valence-corrected chi connectivity index (χ1v) is 9.04. The Hall–Kier alpha value is -2.04. The lowest BCUT2D eigenvalue weighted by Crippen LogP contribution is -2.38. The fourth-order valence-electron chi connectivity index (χ4n) is 4.22. The van der Waals surface area contributed by atoms with Crippen LogP contribution >= 0.6 is 0 Å². The molecule has 1 saturated heterocycles. The lowest BCUT2D eigenvalue weighted by molar-refractivity contribution is 0.0712. The van der Waals surface area contributed by atoms with Gasteiger partial charge in [0.15, 0.2) is 0 Å². The molecule has 4 rings (SSSR count). The van der Waals surface area contributed by atoms with Crippen molar-refractivity contribution in [3.63, 3.8) is 0 Å². The summed E-state index contributed by atoms with van der Waals surface area (Å²) < 4.78 is 2.36. The highest BCUT2D eigenvalue weighted by atomic mass is 16.2. The molecule has 0 unspecified atom stereocenters. The molecule has 0 atom stereocenters. The summed E-state index contributed by atoms with van der Waals surface area (Å²) in [5, 5.41) is 7.16. The molecule has 1 aliphatic carbocycles. The molecule has 2 aliphatic rings. The van der Waals surface area contributed by atoms with Gasteiger partial charge in [0, 0.05) is 36.2 Å². The maximum absolute atomic E-state index is 13.0. The third-order valence-corrected chi connectivity index (χ3v) is 5.72. The van der Waals surface area contributed by atoms with Gasteiger partial charge in [-0.05, 0) is 64.0 Å². The van der Waals surface area contributed by atoms with Crippen molar-refractivity contribution in [3.8, 4) is 0 Å². The van der Waals surface area contributed by atoms with E-state index in [1.807, 2.05) is 11.1 Å². The van der Waals surface area contributed by atoms with Gasteiger partial charge in [0.2, 0.25) is 0 Å². The van der Waals surface area contributed by atoms with E-state index in [0.29, 0.717) is 12.0 Å². The fourth-order valence-corrected chi connectivity index (χ4v) is 4.22. The maximum atomic E-state index is 13.0. The molecule has 1 N–H and O–H groups in total. The van der Waals surface area contributed by atoms with Crippen LogP contribution < -0.4 is 0 Å². The number of carbonyl (C=O) groups excluding carboxylic acids is 1. The highest BCUT2D eigenvalue weighted by Crippen LogP contribution is 2.39. The first-order chi connectivity index (χ1) is 11.6. The Morgan fingerprint density at radius 1 is 1.17 bits per heavy atom. The SMILES string of the molecule is Cc1[nH]ncc1C1CCN(C(=O)c2cc(C)n(C3CC3)c2C)CC1. The Kier molecular flexibility index (Phi) is 3.74. The van der Waals surface area contributed by atoms with Crippen LogP contribution in [0.2, 0.25) is 0 Å². The quantitative estimate of drug-likeness (QED) is 0.938. The molecule has 2 aromatic heterocycles. The van der Waals surface area contributed by atoms with E-state index in [9.17, 15) is 4.79 Å². The summed E-state index contributed by atoms with van der Waals surface area (Å²) in [7, 11) is 0. The van der Waals surface area contributed by atoms with E-state index in [2.05, 4.69) is 41.6 Å². The number of aromatic nitrogens is 3. The molecule has 1 saturated carbocycles. The van der Waals surface area contributed by atoms with Crippen LogP contribution in [-0.4, -0.2) is 38.7 Å². The molecular weight excluding hydrogens is 300 g/mol. The van der Waals surface area contributed by atoms with Crippen molar-refractivity contribution in [2.24, 2.45) is 0 Å². The summed E-state index contributed by atoms with van der Waals surface area (Å²) in [6.45, 7) is 7.96.